The molecule has 0 saturated heterocycles. The van der Waals surface area contributed by atoms with Crippen molar-refractivity contribution < 1.29 is 9.53 Å². The highest BCUT2D eigenvalue weighted by Crippen LogP contribution is 2.30. The van der Waals surface area contributed by atoms with Crippen LogP contribution in [0.25, 0.3) is 16.9 Å². The van der Waals surface area contributed by atoms with Gasteiger partial charge in [-0.15, -0.1) is 5.10 Å². The van der Waals surface area contributed by atoms with Crippen molar-refractivity contribution in [1.29, 1.82) is 0 Å². The van der Waals surface area contributed by atoms with E-state index in [-0.39, 0.29) is 11.8 Å². The second-order valence-corrected chi connectivity index (χ2v) is 7.92. The minimum absolute atomic E-state index is 0.000217. The second-order valence-electron chi connectivity index (χ2n) is 7.92. The van der Waals surface area contributed by atoms with Crippen molar-refractivity contribution >= 4 is 17.5 Å². The summed E-state index contributed by atoms with van der Waals surface area (Å²) in [5, 5.41) is 14.5. The first kappa shape index (κ1) is 19.3. The van der Waals surface area contributed by atoms with Gasteiger partial charge in [0.1, 0.15) is 5.75 Å². The van der Waals surface area contributed by atoms with E-state index in [9.17, 15) is 4.79 Å². The van der Waals surface area contributed by atoms with Gasteiger partial charge in [-0.05, 0) is 68.7 Å². The van der Waals surface area contributed by atoms with E-state index in [1.165, 1.54) is 5.56 Å². The first-order valence-electron chi connectivity index (χ1n) is 10.5. The molecule has 0 aliphatic heterocycles. The van der Waals surface area contributed by atoms with E-state index < -0.39 is 0 Å². The molecule has 158 valence electrons. The van der Waals surface area contributed by atoms with Gasteiger partial charge in [0.15, 0.2) is 5.65 Å². The number of pyridine rings is 1. The Labute approximate surface area is 179 Å². The summed E-state index contributed by atoms with van der Waals surface area (Å²) in [7, 11) is 0. The van der Waals surface area contributed by atoms with E-state index in [1.807, 2.05) is 56.3 Å². The van der Waals surface area contributed by atoms with Gasteiger partial charge in [0, 0.05) is 23.6 Å². The molecular weight excluding hydrogens is 392 g/mol. The van der Waals surface area contributed by atoms with Gasteiger partial charge in [-0.1, -0.05) is 6.07 Å². The highest BCUT2D eigenvalue weighted by molar-refractivity contribution is 5.92. The van der Waals surface area contributed by atoms with E-state index in [1.54, 1.807) is 4.52 Å². The lowest BCUT2D eigenvalue weighted by atomic mass is 10.1. The highest BCUT2D eigenvalue weighted by atomic mass is 16.5. The van der Waals surface area contributed by atoms with E-state index in [2.05, 4.69) is 25.6 Å². The molecule has 5 rings (SSSR count). The molecule has 0 radical (unpaired) electrons. The number of nitrogens with one attached hydrogen (secondary N) is 2. The zero-order valence-corrected chi connectivity index (χ0v) is 17.6. The highest BCUT2D eigenvalue weighted by Gasteiger charge is 2.30. The number of fused-ring (bicyclic) bond motifs is 1. The normalized spacial score (nSPS) is 13.5. The number of ether oxygens (including phenoxy) is 1. The fourth-order valence-corrected chi connectivity index (χ4v) is 3.67. The molecule has 1 aliphatic carbocycles. The summed E-state index contributed by atoms with van der Waals surface area (Å²) >= 11 is 0. The average Bonchev–Trinajstić information content (AvgIpc) is 3.48. The van der Waals surface area contributed by atoms with E-state index in [4.69, 9.17) is 4.74 Å². The molecule has 3 aromatic heterocycles. The number of rotatable bonds is 7. The van der Waals surface area contributed by atoms with Crippen LogP contribution < -0.4 is 10.1 Å². The van der Waals surface area contributed by atoms with E-state index >= 15 is 0 Å². The molecule has 2 N–H and O–H groups in total. The predicted molar refractivity (Wildman–Crippen MR) is 117 cm³/mol. The van der Waals surface area contributed by atoms with E-state index in [0.717, 1.165) is 47.7 Å². The van der Waals surface area contributed by atoms with Crippen molar-refractivity contribution in [2.75, 3.05) is 11.9 Å². The molecule has 4 aromatic rings. The Morgan fingerprint density at radius 3 is 2.71 bits per heavy atom. The smallest absolute Gasteiger partial charge is 0.249 e. The van der Waals surface area contributed by atoms with Crippen LogP contribution in [0.3, 0.4) is 0 Å². The maximum absolute atomic E-state index is 12.0. The number of hydrogen-bond donors (Lipinski definition) is 2. The zero-order valence-electron chi connectivity index (χ0n) is 17.6. The van der Waals surface area contributed by atoms with Gasteiger partial charge in [-0.3, -0.25) is 15.2 Å². The summed E-state index contributed by atoms with van der Waals surface area (Å²) < 4.78 is 7.67. The number of amides is 1. The van der Waals surface area contributed by atoms with Crippen molar-refractivity contribution in [1.82, 2.24) is 24.8 Å². The molecule has 1 fully saturated rings. The zero-order chi connectivity index (χ0) is 21.4. The lowest BCUT2D eigenvalue weighted by Gasteiger charge is -2.08. The molecule has 3 heterocycles. The Morgan fingerprint density at radius 1 is 1.19 bits per heavy atom. The summed E-state index contributed by atoms with van der Waals surface area (Å²) in [6.45, 7) is 4.61. The van der Waals surface area contributed by atoms with Crippen LogP contribution in [0.1, 0.15) is 29.8 Å². The number of anilines is 1. The molecule has 1 amide bonds. The Hall–Kier alpha value is -3.68. The van der Waals surface area contributed by atoms with E-state index in [0.29, 0.717) is 18.2 Å². The number of aryl methyl sites for hydroxylation is 2. The number of benzene rings is 1. The van der Waals surface area contributed by atoms with Crippen LogP contribution in [0.15, 0.2) is 42.5 Å². The fraction of sp³-hybridized carbons (Fsp3) is 0.304. The molecule has 1 saturated carbocycles. The summed E-state index contributed by atoms with van der Waals surface area (Å²) in [6, 6.07) is 13.7. The first-order valence-corrected chi connectivity index (χ1v) is 10.5. The SMILES string of the molecule is Cc1n[nH]c(C)c1CCOc1ccc(-c2cccc3nc(NC(=O)C4CC4)nn23)cc1. The predicted octanol–water partition coefficient (Wildman–Crippen LogP) is 3.71. The van der Waals surface area contributed by atoms with Gasteiger partial charge in [0.25, 0.3) is 0 Å². The lowest BCUT2D eigenvalue weighted by molar-refractivity contribution is -0.117. The van der Waals surface area contributed by atoms with Crippen LogP contribution >= 0.6 is 0 Å². The maximum atomic E-state index is 12.0. The number of aromatic amines is 1. The topological polar surface area (TPSA) is 97.2 Å². The van der Waals surface area contributed by atoms with Crippen LogP contribution in [0.5, 0.6) is 5.75 Å². The molecule has 31 heavy (non-hydrogen) atoms. The maximum Gasteiger partial charge on any atom is 0.249 e. The van der Waals surface area contributed by atoms with Crippen molar-refractivity contribution in [3.63, 3.8) is 0 Å². The molecule has 0 unspecified atom stereocenters. The summed E-state index contributed by atoms with van der Waals surface area (Å²) in [5.74, 6) is 1.26. The molecular formula is C23H24N6O2. The number of carbonyl (C=O) groups is 1. The third-order valence-corrected chi connectivity index (χ3v) is 5.59. The number of nitrogens with zero attached hydrogens (tertiary/aromatic N) is 4. The molecule has 0 atom stereocenters. The van der Waals surface area contributed by atoms with Gasteiger partial charge in [-0.25, -0.2) is 4.52 Å². The Morgan fingerprint density at radius 2 is 2.00 bits per heavy atom. The first-order chi connectivity index (χ1) is 15.1. The van der Waals surface area contributed by atoms with Crippen LogP contribution in [0, 0.1) is 19.8 Å². The molecule has 0 bridgehead atoms. The van der Waals surface area contributed by atoms with Gasteiger partial charge in [0.05, 0.1) is 18.0 Å². The molecule has 8 nitrogen and oxygen atoms in total. The third-order valence-electron chi connectivity index (χ3n) is 5.59. The lowest BCUT2D eigenvalue weighted by Crippen LogP contribution is -2.14. The summed E-state index contributed by atoms with van der Waals surface area (Å²) in [5.41, 5.74) is 5.89. The van der Waals surface area contributed by atoms with Gasteiger partial charge < -0.3 is 4.74 Å². The molecule has 8 heteroatoms. The largest absolute Gasteiger partial charge is 0.493 e. The van der Waals surface area contributed by atoms with Crippen molar-refractivity contribution in [3.05, 3.63) is 59.4 Å². The standard InChI is InChI=1S/C23H24N6O2/c1-14-19(15(2)27-26-14)12-13-31-18-10-8-16(9-11-18)20-4-3-5-21-24-23(28-29(20)21)25-22(30)17-6-7-17/h3-5,8-11,17H,6-7,12-13H2,1-2H3,(H,26,27)(H,25,28,30). The minimum Gasteiger partial charge on any atom is -0.493 e. The molecule has 0 spiro atoms. The third kappa shape index (κ3) is 4.01. The van der Waals surface area contributed by atoms with Gasteiger partial charge in [0.2, 0.25) is 11.9 Å². The van der Waals surface area contributed by atoms with Gasteiger partial charge in [-0.2, -0.15) is 10.1 Å². The molecule has 1 aromatic carbocycles. The van der Waals surface area contributed by atoms with Crippen LogP contribution in [-0.4, -0.2) is 37.3 Å². The van der Waals surface area contributed by atoms with Crippen LogP contribution in [-0.2, 0) is 11.2 Å². The second kappa shape index (κ2) is 7.86. The van der Waals surface area contributed by atoms with Crippen LogP contribution in [0.2, 0.25) is 0 Å². The monoisotopic (exact) mass is 416 g/mol. The van der Waals surface area contributed by atoms with Crippen LogP contribution in [0.4, 0.5) is 5.95 Å². The van der Waals surface area contributed by atoms with Crippen molar-refractivity contribution in [2.24, 2.45) is 5.92 Å². The summed E-state index contributed by atoms with van der Waals surface area (Å²) in [6.07, 6.45) is 2.70. The van der Waals surface area contributed by atoms with Crippen molar-refractivity contribution in [2.45, 2.75) is 33.1 Å². The Bertz CT molecular complexity index is 1220. The molecule has 1 aliphatic rings. The number of H-pyrrole nitrogens is 1. The van der Waals surface area contributed by atoms with Crippen molar-refractivity contribution in [3.8, 4) is 17.0 Å². The Kier molecular flexibility index (Phi) is 4.89. The fourth-order valence-electron chi connectivity index (χ4n) is 3.67. The Balaban J connectivity index is 1.29. The van der Waals surface area contributed by atoms with Gasteiger partial charge >= 0.3 is 0 Å². The average molecular weight is 416 g/mol. The minimum atomic E-state index is -0.000217. The number of aromatic nitrogens is 5. The summed E-state index contributed by atoms with van der Waals surface area (Å²) in [4.78, 5) is 16.5. The number of carbonyl (C=O) groups excluding carboxylic acids is 1. The quantitative estimate of drug-likeness (QED) is 0.479. The number of hydrogen-bond acceptors (Lipinski definition) is 5.